The molecule has 0 bridgehead atoms. The fourth-order valence-corrected chi connectivity index (χ4v) is 3.91. The summed E-state index contributed by atoms with van der Waals surface area (Å²) in [5.41, 5.74) is 1.04. The Labute approximate surface area is 169 Å². The normalized spacial score (nSPS) is 16.1. The van der Waals surface area contributed by atoms with Gasteiger partial charge in [-0.05, 0) is 50.5 Å². The van der Waals surface area contributed by atoms with Crippen molar-refractivity contribution in [3.05, 3.63) is 45.6 Å². The van der Waals surface area contributed by atoms with Gasteiger partial charge in [0.2, 0.25) is 5.16 Å². The number of rotatable bonds is 5. The van der Waals surface area contributed by atoms with Gasteiger partial charge >= 0.3 is 5.97 Å². The number of carbonyl (C=O) groups excluding carboxylic acids is 2. The third-order valence-electron chi connectivity index (χ3n) is 4.38. The average molecular weight is 451 g/mol. The number of esters is 1. The van der Waals surface area contributed by atoms with Crippen LogP contribution in [0.3, 0.4) is 0 Å². The van der Waals surface area contributed by atoms with Crippen molar-refractivity contribution in [3.8, 4) is 0 Å². The van der Waals surface area contributed by atoms with E-state index in [4.69, 9.17) is 4.74 Å². The number of allylic oxidation sites excluding steroid dienone is 2. The number of tetrazole rings is 1. The molecule has 0 saturated heterocycles. The molecule has 0 amide bonds. The fourth-order valence-electron chi connectivity index (χ4n) is 2.53. The standard InChI is InChI=1S/C18H19BrN4O3S/c1-18(2)7-6-12(9-15(18)24)26-16(25)13-5-4-11(8-14(13)19)10-27-17-20-21-22-23(17)3/h4-5,8-9H,6-7,10H2,1-3H3. The van der Waals surface area contributed by atoms with Crippen LogP contribution in [-0.2, 0) is 22.3 Å². The van der Waals surface area contributed by atoms with E-state index >= 15 is 0 Å². The molecule has 0 fully saturated rings. The fraction of sp³-hybridized carbons (Fsp3) is 0.389. The maximum Gasteiger partial charge on any atom is 0.344 e. The van der Waals surface area contributed by atoms with Crippen LogP contribution < -0.4 is 0 Å². The van der Waals surface area contributed by atoms with Gasteiger partial charge in [0.15, 0.2) is 5.78 Å². The van der Waals surface area contributed by atoms with Crippen molar-refractivity contribution in [1.29, 1.82) is 0 Å². The molecule has 7 nitrogen and oxygen atoms in total. The molecule has 0 N–H and O–H groups in total. The van der Waals surface area contributed by atoms with Gasteiger partial charge in [-0.3, -0.25) is 4.79 Å². The summed E-state index contributed by atoms with van der Waals surface area (Å²) in [6.07, 6.45) is 2.68. The highest BCUT2D eigenvalue weighted by Gasteiger charge is 2.31. The Morgan fingerprint density at radius 2 is 2.19 bits per heavy atom. The van der Waals surface area contributed by atoms with Gasteiger partial charge in [0.25, 0.3) is 0 Å². The summed E-state index contributed by atoms with van der Waals surface area (Å²) < 4.78 is 7.68. The predicted molar refractivity (Wildman–Crippen MR) is 104 cm³/mol. The summed E-state index contributed by atoms with van der Waals surface area (Å²) in [6, 6.07) is 5.45. The van der Waals surface area contributed by atoms with Crippen LogP contribution in [0.4, 0.5) is 0 Å². The Balaban J connectivity index is 1.66. The molecule has 1 aliphatic carbocycles. The van der Waals surface area contributed by atoms with E-state index in [1.807, 2.05) is 26.0 Å². The number of aromatic nitrogens is 4. The zero-order valence-electron chi connectivity index (χ0n) is 15.2. The molecule has 1 heterocycles. The molecule has 2 aromatic rings. The molecule has 0 aliphatic heterocycles. The maximum absolute atomic E-state index is 12.5. The first-order chi connectivity index (χ1) is 12.8. The average Bonchev–Trinajstić information content (AvgIpc) is 3.01. The van der Waals surface area contributed by atoms with E-state index in [0.717, 1.165) is 5.56 Å². The van der Waals surface area contributed by atoms with Gasteiger partial charge < -0.3 is 4.74 Å². The third-order valence-corrected chi connectivity index (χ3v) is 6.12. The third kappa shape index (κ3) is 4.65. The van der Waals surface area contributed by atoms with E-state index in [1.54, 1.807) is 17.8 Å². The quantitative estimate of drug-likeness (QED) is 0.506. The zero-order valence-corrected chi connectivity index (χ0v) is 17.6. The number of ether oxygens (including phenoxy) is 1. The Hall–Kier alpha value is -2.00. The SMILES string of the molecule is Cn1nnnc1SCc1ccc(C(=O)OC2=CC(=O)C(C)(C)CC2)c(Br)c1. The Morgan fingerprint density at radius 1 is 1.41 bits per heavy atom. The second-order valence-corrected chi connectivity index (χ2v) is 8.73. The number of nitrogens with zero attached hydrogens (tertiary/aromatic N) is 4. The smallest absolute Gasteiger partial charge is 0.344 e. The molecular formula is C18H19BrN4O3S. The van der Waals surface area contributed by atoms with Gasteiger partial charge in [0, 0.05) is 35.2 Å². The summed E-state index contributed by atoms with van der Waals surface area (Å²) in [5, 5.41) is 12.0. The summed E-state index contributed by atoms with van der Waals surface area (Å²) in [7, 11) is 1.78. The van der Waals surface area contributed by atoms with Crippen molar-refractivity contribution in [1.82, 2.24) is 20.2 Å². The monoisotopic (exact) mass is 450 g/mol. The molecule has 0 radical (unpaired) electrons. The highest BCUT2D eigenvalue weighted by atomic mass is 79.9. The molecule has 0 saturated carbocycles. The van der Waals surface area contributed by atoms with Crippen LogP contribution in [0.2, 0.25) is 0 Å². The lowest BCUT2D eigenvalue weighted by molar-refractivity contribution is -0.123. The summed E-state index contributed by atoms with van der Waals surface area (Å²) in [5.74, 6) is 0.598. The van der Waals surface area contributed by atoms with E-state index in [0.29, 0.717) is 39.5 Å². The second kappa shape index (κ2) is 7.93. The minimum absolute atomic E-state index is 0.0127. The van der Waals surface area contributed by atoms with Crippen molar-refractivity contribution in [2.45, 2.75) is 37.6 Å². The predicted octanol–water partition coefficient (Wildman–Crippen LogP) is 3.69. The number of aryl methyl sites for hydroxylation is 1. The zero-order chi connectivity index (χ0) is 19.6. The van der Waals surface area contributed by atoms with Crippen LogP contribution in [0, 0.1) is 5.41 Å². The van der Waals surface area contributed by atoms with Crippen LogP contribution in [0.15, 0.2) is 39.7 Å². The molecule has 0 atom stereocenters. The second-order valence-electron chi connectivity index (χ2n) is 6.94. The van der Waals surface area contributed by atoms with Crippen LogP contribution >= 0.6 is 27.7 Å². The molecule has 142 valence electrons. The Bertz CT molecular complexity index is 923. The Morgan fingerprint density at radius 3 is 2.81 bits per heavy atom. The van der Waals surface area contributed by atoms with Gasteiger partial charge in [-0.1, -0.05) is 31.7 Å². The van der Waals surface area contributed by atoms with Gasteiger partial charge in [-0.2, -0.15) is 0 Å². The van der Waals surface area contributed by atoms with Crippen molar-refractivity contribution in [2.75, 3.05) is 0 Å². The lowest BCUT2D eigenvalue weighted by atomic mass is 9.79. The Kier molecular flexibility index (Phi) is 5.81. The topological polar surface area (TPSA) is 87.0 Å². The van der Waals surface area contributed by atoms with Gasteiger partial charge in [0.1, 0.15) is 5.76 Å². The lowest BCUT2D eigenvalue weighted by Crippen LogP contribution is -2.27. The number of thioether (sulfide) groups is 1. The number of ketones is 1. The van der Waals surface area contributed by atoms with E-state index in [1.165, 1.54) is 17.8 Å². The molecule has 9 heteroatoms. The number of hydrogen-bond donors (Lipinski definition) is 0. The summed E-state index contributed by atoms with van der Waals surface area (Å²) in [6.45, 7) is 3.80. The van der Waals surface area contributed by atoms with Crippen LogP contribution in [0.25, 0.3) is 0 Å². The number of hydrogen-bond acceptors (Lipinski definition) is 7. The van der Waals surface area contributed by atoms with Crippen LogP contribution in [0.5, 0.6) is 0 Å². The van der Waals surface area contributed by atoms with Crippen molar-refractivity contribution in [3.63, 3.8) is 0 Å². The van der Waals surface area contributed by atoms with E-state index in [2.05, 4.69) is 31.5 Å². The first-order valence-electron chi connectivity index (χ1n) is 8.37. The maximum atomic E-state index is 12.5. The molecule has 3 rings (SSSR count). The van der Waals surface area contributed by atoms with E-state index in [-0.39, 0.29) is 5.78 Å². The number of carbonyl (C=O) groups is 2. The molecule has 0 spiro atoms. The summed E-state index contributed by atoms with van der Waals surface area (Å²) in [4.78, 5) is 24.5. The van der Waals surface area contributed by atoms with Crippen LogP contribution in [-0.4, -0.2) is 32.0 Å². The largest absolute Gasteiger partial charge is 0.427 e. The van der Waals surface area contributed by atoms with Gasteiger partial charge in [-0.15, -0.1) is 5.10 Å². The highest BCUT2D eigenvalue weighted by Crippen LogP contribution is 2.32. The van der Waals surface area contributed by atoms with E-state index < -0.39 is 11.4 Å². The summed E-state index contributed by atoms with van der Waals surface area (Å²) >= 11 is 4.94. The first kappa shape index (κ1) is 19.8. The number of benzene rings is 1. The molecule has 1 aromatic carbocycles. The molecule has 27 heavy (non-hydrogen) atoms. The first-order valence-corrected chi connectivity index (χ1v) is 10.1. The molecular weight excluding hydrogens is 432 g/mol. The number of halogens is 1. The lowest BCUT2D eigenvalue weighted by Gasteiger charge is -2.26. The van der Waals surface area contributed by atoms with Crippen LogP contribution in [0.1, 0.15) is 42.6 Å². The van der Waals surface area contributed by atoms with Crippen molar-refractivity contribution >= 4 is 39.4 Å². The molecule has 1 aliphatic rings. The van der Waals surface area contributed by atoms with Crippen molar-refractivity contribution < 1.29 is 14.3 Å². The van der Waals surface area contributed by atoms with E-state index in [9.17, 15) is 9.59 Å². The minimum atomic E-state index is -0.475. The van der Waals surface area contributed by atoms with Crippen molar-refractivity contribution in [2.24, 2.45) is 12.5 Å². The molecule has 1 aromatic heterocycles. The highest BCUT2D eigenvalue weighted by molar-refractivity contribution is 9.10. The minimum Gasteiger partial charge on any atom is -0.427 e. The van der Waals surface area contributed by atoms with Gasteiger partial charge in [-0.25, -0.2) is 9.48 Å². The molecule has 0 unspecified atom stereocenters. The van der Waals surface area contributed by atoms with Gasteiger partial charge in [0.05, 0.1) is 5.56 Å².